The van der Waals surface area contributed by atoms with Gasteiger partial charge in [-0.25, -0.2) is 0 Å². The number of benzene rings is 3. The fourth-order valence-electron chi connectivity index (χ4n) is 6.33. The molecule has 1 fully saturated rings. The number of Topliss-reactive ketones (excluding diaryl/α,β-unsaturated/α-hetero) is 1. The molecule has 2 amide bonds. The van der Waals surface area contributed by atoms with Crippen LogP contribution in [0.2, 0.25) is 0 Å². The van der Waals surface area contributed by atoms with Crippen molar-refractivity contribution in [2.24, 2.45) is 11.8 Å². The molecule has 6 nitrogen and oxygen atoms in total. The van der Waals surface area contributed by atoms with Gasteiger partial charge in [0.2, 0.25) is 17.6 Å². The number of carbonyl (C=O) groups is 4. The Labute approximate surface area is 208 Å². The number of ketones is 1. The number of rotatable bonds is 5. The molecule has 3 aromatic carbocycles. The normalized spacial score (nSPS) is 23.2. The van der Waals surface area contributed by atoms with Crippen LogP contribution in [-0.4, -0.2) is 41.6 Å². The molecule has 0 saturated carbocycles. The topological polar surface area (TPSA) is 80.8 Å². The van der Waals surface area contributed by atoms with Crippen molar-refractivity contribution in [3.8, 4) is 0 Å². The van der Waals surface area contributed by atoms with Crippen LogP contribution in [0.5, 0.6) is 0 Å². The summed E-state index contributed by atoms with van der Waals surface area (Å²) in [5.41, 5.74) is 6.53. The molecule has 7 rings (SSSR count). The summed E-state index contributed by atoms with van der Waals surface area (Å²) < 4.78 is 5.22. The summed E-state index contributed by atoms with van der Waals surface area (Å²) in [4.78, 5) is 53.5. The maximum absolute atomic E-state index is 13.6. The van der Waals surface area contributed by atoms with Crippen LogP contribution >= 0.6 is 0 Å². The number of hydrogen-bond donors (Lipinski definition) is 0. The fraction of sp³-hybridized carbons (Fsp3) is 0.267. The van der Waals surface area contributed by atoms with E-state index in [1.165, 1.54) is 0 Å². The van der Waals surface area contributed by atoms with Crippen molar-refractivity contribution in [2.75, 3.05) is 13.2 Å². The summed E-state index contributed by atoms with van der Waals surface area (Å²) in [6.45, 7) is 2.78. The van der Waals surface area contributed by atoms with Crippen LogP contribution in [0.3, 0.4) is 0 Å². The molecule has 1 saturated heterocycles. The van der Waals surface area contributed by atoms with Crippen LogP contribution in [0.4, 0.5) is 0 Å². The standard InChI is InChI=1S/C30H25NO5/c1-16-11-12-17(2)22(13-16)23(32)15-36-24(33)14-31-29(34)27-25-18-7-3-4-8-19(18)26(28(27)30(31)35)21-10-6-5-9-20(21)25/h3-13,25-28H,14-15H2,1-2H3. The molecule has 0 N–H and O–H groups in total. The molecular weight excluding hydrogens is 454 g/mol. The SMILES string of the molecule is Cc1ccc(C)c(C(=O)COC(=O)CN2C(=O)C3C4c5ccccc5C(c5ccccc54)C3C2=O)c1. The monoisotopic (exact) mass is 479 g/mol. The molecule has 1 heterocycles. The van der Waals surface area contributed by atoms with Crippen molar-refractivity contribution in [2.45, 2.75) is 25.7 Å². The molecule has 180 valence electrons. The maximum atomic E-state index is 13.6. The highest BCUT2D eigenvalue weighted by Crippen LogP contribution is 2.60. The molecule has 6 heteroatoms. The van der Waals surface area contributed by atoms with Gasteiger partial charge in [-0.2, -0.15) is 0 Å². The molecule has 2 atom stereocenters. The number of ether oxygens (including phenoxy) is 1. The minimum Gasteiger partial charge on any atom is -0.456 e. The molecule has 3 aromatic rings. The molecule has 3 aliphatic carbocycles. The third kappa shape index (κ3) is 3.24. The van der Waals surface area contributed by atoms with Gasteiger partial charge in [0.05, 0.1) is 11.8 Å². The molecule has 2 bridgehead atoms. The van der Waals surface area contributed by atoms with Gasteiger partial charge in [0.25, 0.3) is 0 Å². The van der Waals surface area contributed by atoms with Gasteiger partial charge in [0.1, 0.15) is 6.54 Å². The van der Waals surface area contributed by atoms with Gasteiger partial charge in [-0.1, -0.05) is 66.2 Å². The van der Waals surface area contributed by atoms with Gasteiger partial charge in [-0.05, 0) is 47.7 Å². The zero-order chi connectivity index (χ0) is 25.1. The van der Waals surface area contributed by atoms with Crippen LogP contribution in [0, 0.1) is 25.7 Å². The minimum absolute atomic E-state index is 0.226. The fourth-order valence-corrected chi connectivity index (χ4v) is 6.33. The zero-order valence-corrected chi connectivity index (χ0v) is 20.1. The Kier molecular flexibility index (Phi) is 5.14. The molecule has 36 heavy (non-hydrogen) atoms. The summed E-state index contributed by atoms with van der Waals surface area (Å²) in [6, 6.07) is 21.5. The van der Waals surface area contributed by atoms with E-state index in [1.54, 1.807) is 6.07 Å². The van der Waals surface area contributed by atoms with Crippen molar-refractivity contribution in [3.63, 3.8) is 0 Å². The molecule has 0 radical (unpaired) electrons. The summed E-state index contributed by atoms with van der Waals surface area (Å²) in [5.74, 6) is -3.32. The smallest absolute Gasteiger partial charge is 0.326 e. The van der Waals surface area contributed by atoms with E-state index < -0.39 is 31.0 Å². The minimum atomic E-state index is -0.767. The van der Waals surface area contributed by atoms with Crippen molar-refractivity contribution in [1.82, 2.24) is 4.90 Å². The lowest BCUT2D eigenvalue weighted by molar-refractivity contribution is -0.152. The Bertz CT molecular complexity index is 1340. The summed E-state index contributed by atoms with van der Waals surface area (Å²) in [7, 11) is 0. The lowest BCUT2D eigenvalue weighted by Gasteiger charge is -2.45. The highest BCUT2D eigenvalue weighted by Gasteiger charge is 2.61. The highest BCUT2D eigenvalue weighted by atomic mass is 16.5. The molecule has 4 aliphatic rings. The van der Waals surface area contributed by atoms with Gasteiger partial charge in [0.15, 0.2) is 6.61 Å². The molecular formula is C30H25NO5. The van der Waals surface area contributed by atoms with Crippen LogP contribution in [0.1, 0.15) is 55.6 Å². The van der Waals surface area contributed by atoms with Crippen molar-refractivity contribution in [3.05, 3.63) is 106 Å². The predicted octanol–water partition coefficient (Wildman–Crippen LogP) is 3.92. The van der Waals surface area contributed by atoms with Gasteiger partial charge in [-0.3, -0.25) is 24.1 Å². The Morgan fingerprint density at radius 3 is 1.78 bits per heavy atom. The number of amides is 2. The number of hydrogen-bond acceptors (Lipinski definition) is 5. The summed E-state index contributed by atoms with van der Waals surface area (Å²) in [6.07, 6.45) is 0. The Morgan fingerprint density at radius 2 is 1.28 bits per heavy atom. The summed E-state index contributed by atoms with van der Waals surface area (Å²) in [5, 5.41) is 0. The average molecular weight is 480 g/mol. The first-order chi connectivity index (χ1) is 17.4. The molecule has 0 aromatic heterocycles. The second-order valence-electron chi connectivity index (χ2n) is 9.93. The van der Waals surface area contributed by atoms with Crippen LogP contribution in [-0.2, 0) is 19.1 Å². The number of carbonyl (C=O) groups excluding carboxylic acids is 4. The Balaban J connectivity index is 1.23. The Morgan fingerprint density at radius 1 is 0.778 bits per heavy atom. The third-order valence-electron chi connectivity index (χ3n) is 7.88. The lowest BCUT2D eigenvalue weighted by atomic mass is 9.55. The lowest BCUT2D eigenvalue weighted by Crippen LogP contribution is -2.41. The predicted molar refractivity (Wildman–Crippen MR) is 131 cm³/mol. The van der Waals surface area contributed by atoms with Crippen LogP contribution in [0.25, 0.3) is 0 Å². The van der Waals surface area contributed by atoms with Gasteiger partial charge >= 0.3 is 5.97 Å². The van der Waals surface area contributed by atoms with Gasteiger partial charge in [0, 0.05) is 17.4 Å². The average Bonchev–Trinajstić information content (AvgIpc) is 3.14. The van der Waals surface area contributed by atoms with E-state index >= 15 is 0 Å². The van der Waals surface area contributed by atoms with Crippen LogP contribution in [0.15, 0.2) is 66.7 Å². The summed E-state index contributed by atoms with van der Waals surface area (Å²) >= 11 is 0. The number of nitrogens with zero attached hydrogens (tertiary/aromatic N) is 1. The van der Waals surface area contributed by atoms with Gasteiger partial charge in [-0.15, -0.1) is 0 Å². The van der Waals surface area contributed by atoms with E-state index in [9.17, 15) is 19.2 Å². The van der Waals surface area contributed by atoms with Crippen molar-refractivity contribution in [1.29, 1.82) is 0 Å². The first kappa shape index (κ1) is 22.4. The zero-order valence-electron chi connectivity index (χ0n) is 20.1. The number of imide groups is 1. The quantitative estimate of drug-likeness (QED) is 0.315. The third-order valence-corrected chi connectivity index (χ3v) is 7.88. The van der Waals surface area contributed by atoms with E-state index in [1.807, 2.05) is 74.5 Å². The maximum Gasteiger partial charge on any atom is 0.326 e. The highest BCUT2D eigenvalue weighted by molar-refractivity contribution is 6.09. The second-order valence-corrected chi connectivity index (χ2v) is 9.93. The molecule has 0 spiro atoms. The van der Waals surface area contributed by atoms with Gasteiger partial charge < -0.3 is 4.74 Å². The second kappa shape index (κ2) is 8.26. The van der Waals surface area contributed by atoms with E-state index in [4.69, 9.17) is 4.74 Å². The molecule has 2 unspecified atom stereocenters. The van der Waals surface area contributed by atoms with Crippen molar-refractivity contribution >= 4 is 23.6 Å². The van der Waals surface area contributed by atoms with Crippen LogP contribution < -0.4 is 0 Å². The molecule has 1 aliphatic heterocycles. The number of aryl methyl sites for hydroxylation is 2. The number of esters is 1. The van der Waals surface area contributed by atoms with E-state index in [0.717, 1.165) is 38.3 Å². The first-order valence-corrected chi connectivity index (χ1v) is 12.2. The van der Waals surface area contributed by atoms with E-state index in [-0.39, 0.29) is 29.4 Å². The van der Waals surface area contributed by atoms with Crippen molar-refractivity contribution < 1.29 is 23.9 Å². The van der Waals surface area contributed by atoms with E-state index in [2.05, 4.69) is 0 Å². The Hall–Kier alpha value is -4.06. The van der Waals surface area contributed by atoms with E-state index in [0.29, 0.717) is 5.56 Å². The number of likely N-dealkylation sites (tertiary alicyclic amines) is 1. The first-order valence-electron chi connectivity index (χ1n) is 12.2. The largest absolute Gasteiger partial charge is 0.456 e.